The average molecular weight is 483 g/mol. The highest BCUT2D eigenvalue weighted by molar-refractivity contribution is 8.00. The largest absolute Gasteiger partial charge is 0.459 e. The lowest BCUT2D eigenvalue weighted by atomic mass is 10.2. The molecule has 1 fully saturated rings. The minimum absolute atomic E-state index is 0.00798. The quantitative estimate of drug-likeness (QED) is 0.482. The van der Waals surface area contributed by atoms with Gasteiger partial charge < -0.3 is 18.9 Å². The van der Waals surface area contributed by atoms with Crippen molar-refractivity contribution in [3.63, 3.8) is 0 Å². The third-order valence-corrected chi connectivity index (χ3v) is 7.57. The van der Waals surface area contributed by atoms with E-state index in [0.29, 0.717) is 18.2 Å². The molecule has 1 N–H and O–H groups in total. The number of carbonyl (C=O) groups excluding carboxylic acids is 1. The molecule has 1 aliphatic rings. The molecule has 1 aromatic carbocycles. The lowest BCUT2D eigenvalue weighted by molar-refractivity contribution is -0.119. The standard InChI is InChI=1S/C20H19ClN2O6S2/c21-13-5-7-15(8-6-13)31(25,26)19-20(29-18(23-19)16-4-2-10-28-16)30-12-17(24)22-11-14-3-1-9-27-14/h2,4-8,10,14H,1,3,9,11-12H2,(H,22,24)/t14-/m0/s1. The van der Waals surface area contributed by atoms with Crippen LogP contribution in [0.2, 0.25) is 5.02 Å². The number of oxazole rings is 1. The number of amides is 1. The second-order valence-electron chi connectivity index (χ2n) is 6.77. The Kier molecular flexibility index (Phi) is 6.71. The molecule has 1 aliphatic heterocycles. The Bertz CT molecular complexity index is 1140. The van der Waals surface area contributed by atoms with Gasteiger partial charge in [0.2, 0.25) is 25.9 Å². The number of sulfone groups is 1. The van der Waals surface area contributed by atoms with E-state index in [1.165, 1.54) is 30.5 Å². The predicted molar refractivity (Wildman–Crippen MR) is 114 cm³/mol. The minimum Gasteiger partial charge on any atom is -0.459 e. The van der Waals surface area contributed by atoms with Crippen LogP contribution in [0.1, 0.15) is 12.8 Å². The molecule has 1 amide bonds. The number of nitrogens with zero attached hydrogens (tertiary/aromatic N) is 1. The van der Waals surface area contributed by atoms with Crippen molar-refractivity contribution in [1.82, 2.24) is 10.3 Å². The molecule has 11 heteroatoms. The molecule has 0 radical (unpaired) electrons. The maximum Gasteiger partial charge on any atom is 0.265 e. The summed E-state index contributed by atoms with van der Waals surface area (Å²) in [4.78, 5) is 16.4. The second-order valence-corrected chi connectivity index (χ2v) is 10.0. The molecule has 8 nitrogen and oxygen atoms in total. The normalized spacial score (nSPS) is 16.5. The highest BCUT2D eigenvalue weighted by Crippen LogP contribution is 2.35. The van der Waals surface area contributed by atoms with Crippen LogP contribution in [0.5, 0.6) is 0 Å². The zero-order valence-corrected chi connectivity index (χ0v) is 18.6. The Morgan fingerprint density at radius 2 is 2.06 bits per heavy atom. The number of carbonyl (C=O) groups is 1. The van der Waals surface area contributed by atoms with Crippen molar-refractivity contribution < 1.29 is 26.8 Å². The summed E-state index contributed by atoms with van der Waals surface area (Å²) in [7, 11) is -4.01. The Labute approximate surface area is 188 Å². The molecule has 2 aromatic heterocycles. The number of ether oxygens (including phenoxy) is 1. The Balaban J connectivity index is 1.55. The van der Waals surface area contributed by atoms with Gasteiger partial charge >= 0.3 is 0 Å². The summed E-state index contributed by atoms with van der Waals surface area (Å²) >= 11 is 6.82. The topological polar surface area (TPSA) is 112 Å². The Morgan fingerprint density at radius 1 is 1.26 bits per heavy atom. The van der Waals surface area contributed by atoms with Crippen LogP contribution in [0.4, 0.5) is 0 Å². The molecule has 0 unspecified atom stereocenters. The third-order valence-electron chi connectivity index (χ3n) is 4.56. The molecule has 0 saturated carbocycles. The van der Waals surface area contributed by atoms with Crippen LogP contribution in [0.15, 0.2) is 66.5 Å². The number of aromatic nitrogens is 1. The van der Waals surface area contributed by atoms with E-state index in [1.807, 2.05) is 0 Å². The summed E-state index contributed by atoms with van der Waals surface area (Å²) in [6.45, 7) is 1.12. The minimum atomic E-state index is -4.01. The van der Waals surface area contributed by atoms with Gasteiger partial charge in [-0.15, -0.1) is 0 Å². The lowest BCUT2D eigenvalue weighted by Crippen LogP contribution is -2.32. The number of halogens is 1. The molecular formula is C20H19ClN2O6S2. The van der Waals surface area contributed by atoms with Gasteiger partial charge in [-0.05, 0) is 49.2 Å². The fraction of sp³-hybridized carbons (Fsp3) is 0.300. The van der Waals surface area contributed by atoms with Gasteiger partial charge in [0.05, 0.1) is 23.0 Å². The summed E-state index contributed by atoms with van der Waals surface area (Å²) in [6.07, 6.45) is 3.34. The van der Waals surface area contributed by atoms with E-state index in [1.54, 1.807) is 12.1 Å². The van der Waals surface area contributed by atoms with Crippen molar-refractivity contribution in [2.75, 3.05) is 18.9 Å². The molecular weight excluding hydrogens is 464 g/mol. The summed E-state index contributed by atoms with van der Waals surface area (Å²) in [6, 6.07) is 8.98. The van der Waals surface area contributed by atoms with Crippen LogP contribution >= 0.6 is 23.4 Å². The molecule has 31 heavy (non-hydrogen) atoms. The number of hydrogen-bond donors (Lipinski definition) is 1. The van der Waals surface area contributed by atoms with Crippen molar-refractivity contribution >= 4 is 39.1 Å². The molecule has 4 rings (SSSR count). The number of benzene rings is 1. The first kappa shape index (κ1) is 21.9. The molecule has 164 valence electrons. The van der Waals surface area contributed by atoms with Gasteiger partial charge in [0.1, 0.15) is 0 Å². The zero-order chi connectivity index (χ0) is 21.8. The maximum absolute atomic E-state index is 13.2. The van der Waals surface area contributed by atoms with Crippen LogP contribution in [-0.2, 0) is 19.4 Å². The summed E-state index contributed by atoms with van der Waals surface area (Å²) < 4.78 is 42.8. The van der Waals surface area contributed by atoms with Crippen LogP contribution in [0.25, 0.3) is 11.7 Å². The van der Waals surface area contributed by atoms with Gasteiger partial charge in [0, 0.05) is 18.2 Å². The molecule has 0 spiro atoms. The van der Waals surface area contributed by atoms with E-state index in [9.17, 15) is 13.2 Å². The number of nitrogens with one attached hydrogen (secondary N) is 1. The van der Waals surface area contributed by atoms with E-state index >= 15 is 0 Å². The van der Waals surface area contributed by atoms with E-state index in [0.717, 1.165) is 24.6 Å². The van der Waals surface area contributed by atoms with Crippen LogP contribution < -0.4 is 5.32 Å². The van der Waals surface area contributed by atoms with Gasteiger partial charge in [-0.1, -0.05) is 23.4 Å². The first-order chi connectivity index (χ1) is 14.9. The molecule has 1 saturated heterocycles. The average Bonchev–Trinajstić information content (AvgIpc) is 3.52. The fourth-order valence-corrected chi connectivity index (χ4v) is 5.48. The van der Waals surface area contributed by atoms with E-state index in [2.05, 4.69) is 10.3 Å². The van der Waals surface area contributed by atoms with E-state index in [4.69, 9.17) is 25.2 Å². The summed E-state index contributed by atoms with van der Waals surface area (Å²) in [5.41, 5.74) is 0. The van der Waals surface area contributed by atoms with Crippen LogP contribution in [0, 0.1) is 0 Å². The third kappa shape index (κ3) is 5.15. The maximum atomic E-state index is 13.2. The number of thioether (sulfide) groups is 1. The Hall–Kier alpha value is -2.27. The molecule has 0 bridgehead atoms. The predicted octanol–water partition coefficient (Wildman–Crippen LogP) is 3.81. The number of rotatable bonds is 8. The number of hydrogen-bond acceptors (Lipinski definition) is 8. The van der Waals surface area contributed by atoms with Crippen molar-refractivity contribution in [2.45, 2.75) is 34.0 Å². The molecule has 3 heterocycles. The fourth-order valence-electron chi connectivity index (χ4n) is 3.00. The molecule has 0 aliphatic carbocycles. The Morgan fingerprint density at radius 3 is 2.74 bits per heavy atom. The van der Waals surface area contributed by atoms with Crippen LogP contribution in [0.3, 0.4) is 0 Å². The summed E-state index contributed by atoms with van der Waals surface area (Å²) in [5, 5.41) is 2.93. The summed E-state index contributed by atoms with van der Waals surface area (Å²) in [5.74, 6) is -0.00355. The van der Waals surface area contributed by atoms with Gasteiger partial charge in [0.15, 0.2) is 5.76 Å². The monoisotopic (exact) mass is 482 g/mol. The smallest absolute Gasteiger partial charge is 0.265 e. The second kappa shape index (κ2) is 9.47. The van der Waals surface area contributed by atoms with Crippen molar-refractivity contribution in [1.29, 1.82) is 0 Å². The highest BCUT2D eigenvalue weighted by Gasteiger charge is 2.30. The van der Waals surface area contributed by atoms with Gasteiger partial charge in [-0.3, -0.25) is 4.79 Å². The van der Waals surface area contributed by atoms with Crippen molar-refractivity contribution in [3.05, 3.63) is 47.7 Å². The number of furan rings is 1. The van der Waals surface area contributed by atoms with Gasteiger partial charge in [-0.25, -0.2) is 8.42 Å². The SMILES string of the molecule is O=C(CSc1oc(-c2ccco2)nc1S(=O)(=O)c1ccc(Cl)cc1)NC[C@@H]1CCCO1. The van der Waals surface area contributed by atoms with Gasteiger partial charge in [-0.2, -0.15) is 4.98 Å². The molecule has 3 aromatic rings. The van der Waals surface area contributed by atoms with Crippen LogP contribution in [-0.4, -0.2) is 44.3 Å². The lowest BCUT2D eigenvalue weighted by Gasteiger charge is -2.10. The molecule has 1 atom stereocenters. The first-order valence-electron chi connectivity index (χ1n) is 9.50. The first-order valence-corrected chi connectivity index (χ1v) is 12.3. The van der Waals surface area contributed by atoms with E-state index < -0.39 is 9.84 Å². The highest BCUT2D eigenvalue weighted by atomic mass is 35.5. The van der Waals surface area contributed by atoms with Crippen molar-refractivity contribution in [2.24, 2.45) is 0 Å². The van der Waals surface area contributed by atoms with E-state index in [-0.39, 0.29) is 44.4 Å². The van der Waals surface area contributed by atoms with Gasteiger partial charge in [0.25, 0.3) is 5.89 Å². The van der Waals surface area contributed by atoms with Crippen molar-refractivity contribution in [3.8, 4) is 11.7 Å². The zero-order valence-electron chi connectivity index (χ0n) is 16.2.